The van der Waals surface area contributed by atoms with E-state index in [-0.39, 0.29) is 23.1 Å². The number of benzene rings is 4. The number of halogens is 1. The number of methoxy groups -OCH3 is 4. The summed E-state index contributed by atoms with van der Waals surface area (Å²) in [7, 11) is 5.83. The Morgan fingerprint density at radius 3 is 1.67 bits per heavy atom. The van der Waals surface area contributed by atoms with Crippen LogP contribution in [0.5, 0.6) is 11.5 Å². The van der Waals surface area contributed by atoms with Crippen molar-refractivity contribution in [3.8, 4) is 11.5 Å². The van der Waals surface area contributed by atoms with Crippen molar-refractivity contribution < 1.29 is 48.3 Å². The summed E-state index contributed by atoms with van der Waals surface area (Å²) in [6, 6.07) is 25.0. The first-order chi connectivity index (χ1) is 23.4. The second-order valence-electron chi connectivity index (χ2n) is 9.89. The van der Waals surface area contributed by atoms with Crippen LogP contribution in [0.15, 0.2) is 104 Å². The zero-order chi connectivity index (χ0) is 36.3. The molecule has 0 aliphatic heterocycles. The van der Waals surface area contributed by atoms with Crippen LogP contribution in [0.1, 0.15) is 44.7 Å². The van der Waals surface area contributed by atoms with Gasteiger partial charge in [-0.3, -0.25) is 9.59 Å². The minimum atomic E-state index is -0.984. The summed E-state index contributed by atoms with van der Waals surface area (Å²) >= 11 is 8.72. The van der Waals surface area contributed by atoms with Crippen LogP contribution < -0.4 is 9.47 Å². The number of carboxylic acids is 2. The molecule has 0 bridgehead atoms. The monoisotopic (exact) mass is 772 g/mol. The summed E-state index contributed by atoms with van der Waals surface area (Å²) in [5.74, 6) is -1.19. The molecular weight excluding hydrogens is 736 g/mol. The van der Waals surface area contributed by atoms with Gasteiger partial charge in [0.1, 0.15) is 11.5 Å². The molecule has 0 radical (unpaired) electrons. The third-order valence-electron chi connectivity index (χ3n) is 6.56. The van der Waals surface area contributed by atoms with Crippen molar-refractivity contribution in [3.05, 3.63) is 112 Å². The van der Waals surface area contributed by atoms with Gasteiger partial charge in [-0.05, 0) is 84.6 Å². The predicted molar refractivity (Wildman–Crippen MR) is 193 cm³/mol. The average molecular weight is 774 g/mol. The quantitative estimate of drug-likeness (QED) is 0.0955. The molecule has 2 N–H and O–H groups in total. The number of carbonyl (C=O) groups is 4. The normalized spacial score (nSPS) is 9.92. The van der Waals surface area contributed by atoms with E-state index in [1.165, 1.54) is 52.3 Å². The van der Waals surface area contributed by atoms with E-state index in [2.05, 4.69) is 38.0 Å². The average Bonchev–Trinajstić information content (AvgIpc) is 3.09. The van der Waals surface area contributed by atoms with Crippen molar-refractivity contribution in [3.63, 3.8) is 0 Å². The number of carboxylic acid groups (broad SMARTS) is 2. The highest BCUT2D eigenvalue weighted by atomic mass is 79.9. The number of rotatable bonds is 12. The Bertz CT molecular complexity index is 1730. The molecule has 0 saturated carbocycles. The van der Waals surface area contributed by atoms with E-state index in [0.717, 1.165) is 26.9 Å². The molecule has 0 fully saturated rings. The van der Waals surface area contributed by atoms with Gasteiger partial charge in [-0.2, -0.15) is 0 Å². The predicted octanol–water partition coefficient (Wildman–Crippen LogP) is 7.89. The molecule has 0 spiro atoms. The van der Waals surface area contributed by atoms with Gasteiger partial charge in [0.05, 0.1) is 39.6 Å². The van der Waals surface area contributed by atoms with Gasteiger partial charge in [0.2, 0.25) is 0 Å². The molecule has 260 valence electrons. The second kappa shape index (κ2) is 21.5. The first kappa shape index (κ1) is 40.7. The van der Waals surface area contributed by atoms with Crippen molar-refractivity contribution in [2.24, 2.45) is 0 Å². The fraction of sp³-hybridized carbons (Fsp3) is 0.222. The van der Waals surface area contributed by atoms with Crippen molar-refractivity contribution >= 4 is 64.2 Å². The third kappa shape index (κ3) is 14.7. The highest BCUT2D eigenvalue weighted by Gasteiger charge is 2.13. The number of esters is 2. The zero-order valence-electron chi connectivity index (χ0n) is 27.3. The maximum atomic E-state index is 11.4. The lowest BCUT2D eigenvalue weighted by molar-refractivity contribution is -0.141. The van der Waals surface area contributed by atoms with Gasteiger partial charge in [-0.1, -0.05) is 52.0 Å². The van der Waals surface area contributed by atoms with Gasteiger partial charge >= 0.3 is 23.9 Å². The van der Waals surface area contributed by atoms with Crippen LogP contribution in [0.3, 0.4) is 0 Å². The van der Waals surface area contributed by atoms with Crippen LogP contribution >= 0.6 is 40.3 Å². The molecule has 4 rings (SSSR count). The summed E-state index contributed by atoms with van der Waals surface area (Å²) in [4.78, 5) is 45.9. The fourth-order valence-electron chi connectivity index (χ4n) is 3.99. The summed E-state index contributed by atoms with van der Waals surface area (Å²) in [5.41, 5.74) is 2.53. The number of carbonyl (C=O) groups excluding carboxylic acids is 2. The molecule has 0 aromatic heterocycles. The Balaban J connectivity index is 0.000000281. The second-order valence-corrected chi connectivity index (χ2v) is 12.4. The van der Waals surface area contributed by atoms with Gasteiger partial charge < -0.3 is 29.2 Å². The minimum Gasteiger partial charge on any atom is -0.497 e. The van der Waals surface area contributed by atoms with E-state index in [1.54, 1.807) is 24.3 Å². The van der Waals surface area contributed by atoms with Crippen LogP contribution in [-0.2, 0) is 31.9 Å². The summed E-state index contributed by atoms with van der Waals surface area (Å²) in [5, 5.41) is 18.0. The lowest BCUT2D eigenvalue weighted by Crippen LogP contribution is -2.02. The molecule has 0 heterocycles. The van der Waals surface area contributed by atoms with E-state index < -0.39 is 11.9 Å². The fourth-order valence-corrected chi connectivity index (χ4v) is 5.79. The molecule has 0 aliphatic carbocycles. The summed E-state index contributed by atoms with van der Waals surface area (Å²) in [6.45, 7) is 0. The minimum absolute atomic E-state index is 0.167. The molecule has 49 heavy (non-hydrogen) atoms. The van der Waals surface area contributed by atoms with Gasteiger partial charge in [0, 0.05) is 32.0 Å². The number of hydrogen-bond donors (Lipinski definition) is 3. The van der Waals surface area contributed by atoms with E-state index in [0.29, 0.717) is 40.6 Å². The van der Waals surface area contributed by atoms with E-state index >= 15 is 0 Å². The van der Waals surface area contributed by atoms with Gasteiger partial charge in [-0.15, -0.1) is 12.6 Å². The van der Waals surface area contributed by atoms with Crippen LogP contribution in [0.4, 0.5) is 0 Å². The number of aryl methyl sites for hydroxylation is 2. The van der Waals surface area contributed by atoms with Gasteiger partial charge in [0.25, 0.3) is 0 Å². The van der Waals surface area contributed by atoms with Crippen molar-refractivity contribution in [1.29, 1.82) is 0 Å². The van der Waals surface area contributed by atoms with E-state index in [9.17, 15) is 24.3 Å². The van der Waals surface area contributed by atoms with Crippen molar-refractivity contribution in [1.82, 2.24) is 0 Å². The van der Waals surface area contributed by atoms with E-state index in [1.807, 2.05) is 48.5 Å². The van der Waals surface area contributed by atoms with Crippen LogP contribution in [0.25, 0.3) is 0 Å². The van der Waals surface area contributed by atoms with Crippen LogP contribution in [0.2, 0.25) is 0 Å². The first-order valence-electron chi connectivity index (χ1n) is 14.6. The first-order valence-corrected chi connectivity index (χ1v) is 16.6. The zero-order valence-corrected chi connectivity index (χ0v) is 30.6. The Kier molecular flexibility index (Phi) is 17.9. The molecule has 0 atom stereocenters. The maximum Gasteiger partial charge on any atom is 0.336 e. The standard InChI is InChI=1S/C18H18O5S.C10H11BrO2.C8H8O3S/c1-22-13-7-8-15(18(20)21)16(11-13)24-14-5-3-4-12(10-14)6-9-17(19)23-2;1-13-10(12)6-5-8-3-2-4-9(11)7-8;1-11-5-2-3-6(8(9)10)7(12)4-5/h3-5,7-8,10-11H,6,9H2,1-2H3,(H,20,21);2-4,7H,5-6H2,1H3;2-4,12H,1H3,(H,9,10). The Labute approximate surface area is 303 Å². The Hall–Kier alpha value is -4.46. The van der Waals surface area contributed by atoms with Gasteiger partial charge in [-0.25, -0.2) is 9.59 Å². The van der Waals surface area contributed by atoms with Crippen molar-refractivity contribution in [2.75, 3.05) is 28.4 Å². The largest absolute Gasteiger partial charge is 0.497 e. The highest BCUT2D eigenvalue weighted by Crippen LogP contribution is 2.34. The molecule has 0 amide bonds. The summed E-state index contributed by atoms with van der Waals surface area (Å²) in [6.07, 6.45) is 2.05. The smallest absolute Gasteiger partial charge is 0.336 e. The lowest BCUT2D eigenvalue weighted by Gasteiger charge is -2.09. The lowest BCUT2D eigenvalue weighted by atomic mass is 10.1. The Morgan fingerprint density at radius 1 is 0.673 bits per heavy atom. The van der Waals surface area contributed by atoms with E-state index in [4.69, 9.17) is 14.6 Å². The number of hydrogen-bond acceptors (Lipinski definition) is 10. The molecule has 0 unspecified atom stereocenters. The maximum absolute atomic E-state index is 11.4. The highest BCUT2D eigenvalue weighted by molar-refractivity contribution is 9.10. The molecule has 4 aromatic rings. The van der Waals surface area contributed by atoms with Crippen molar-refractivity contribution in [2.45, 2.75) is 40.4 Å². The molecule has 10 nitrogen and oxygen atoms in total. The molecule has 0 aliphatic rings. The summed E-state index contributed by atoms with van der Waals surface area (Å²) < 4.78 is 20.3. The topological polar surface area (TPSA) is 146 Å². The number of thiol groups is 1. The number of aromatic carboxylic acids is 2. The SMILES string of the molecule is COC(=O)CCc1cccc(Br)c1.COC(=O)CCc1cccc(Sc2cc(OC)ccc2C(=O)O)c1.COc1ccc(C(=O)O)c(S)c1. The Morgan fingerprint density at radius 2 is 1.18 bits per heavy atom. The molecule has 13 heteroatoms. The number of ether oxygens (including phenoxy) is 4. The van der Waals surface area contributed by atoms with Crippen LogP contribution in [0, 0.1) is 0 Å². The third-order valence-corrected chi connectivity index (χ3v) is 8.47. The van der Waals surface area contributed by atoms with Crippen LogP contribution in [-0.4, -0.2) is 62.5 Å². The molecule has 0 saturated heterocycles. The molecule has 4 aromatic carbocycles. The molecular formula is C36H37BrO10S2. The van der Waals surface area contributed by atoms with Gasteiger partial charge in [0.15, 0.2) is 0 Å².